The monoisotopic (exact) mass is 402 g/mol. The summed E-state index contributed by atoms with van der Waals surface area (Å²) in [4.78, 5) is 11.8. The van der Waals surface area contributed by atoms with E-state index in [1.807, 2.05) is 6.20 Å². The van der Waals surface area contributed by atoms with Gasteiger partial charge in [-0.15, -0.1) is 24.8 Å². The first kappa shape index (κ1) is 21.7. The number of hydrogen-bond donors (Lipinski definition) is 2. The minimum Gasteiger partial charge on any atom is -0.396 e. The zero-order valence-electron chi connectivity index (χ0n) is 15.4. The minimum absolute atomic E-state index is 0. The quantitative estimate of drug-likeness (QED) is 0.812. The summed E-state index contributed by atoms with van der Waals surface area (Å²) in [5.74, 6) is 1.97. The topological polar surface area (TPSA) is 61.3 Å². The van der Waals surface area contributed by atoms with Gasteiger partial charge in [0.1, 0.15) is 0 Å². The average Bonchev–Trinajstić information content (AvgIpc) is 3.18. The van der Waals surface area contributed by atoms with Gasteiger partial charge >= 0.3 is 0 Å². The van der Waals surface area contributed by atoms with Crippen molar-refractivity contribution in [2.24, 2.45) is 11.3 Å². The zero-order valence-corrected chi connectivity index (χ0v) is 17.0. The molecule has 1 unspecified atom stereocenters. The van der Waals surface area contributed by atoms with Crippen LogP contribution in [0.3, 0.4) is 0 Å². The van der Waals surface area contributed by atoms with Crippen LogP contribution < -0.4 is 10.2 Å². The number of piperidine rings is 2. The molecule has 3 aliphatic rings. The van der Waals surface area contributed by atoms with Crippen LogP contribution in [0.2, 0.25) is 0 Å². The SMILES string of the molecule is Cl.Cl.OCC1CNCCC12CCN(c1nccc(C3CCCC3)n1)CC2. The van der Waals surface area contributed by atoms with Gasteiger partial charge in [-0.1, -0.05) is 12.8 Å². The predicted octanol–water partition coefficient (Wildman–Crippen LogP) is 3.17. The minimum atomic E-state index is 0. The Bertz CT molecular complexity index is 560. The number of anilines is 1. The number of rotatable bonds is 3. The van der Waals surface area contributed by atoms with Crippen molar-refractivity contribution in [3.63, 3.8) is 0 Å². The smallest absolute Gasteiger partial charge is 0.225 e. The van der Waals surface area contributed by atoms with E-state index in [-0.39, 0.29) is 24.8 Å². The Morgan fingerprint density at radius 3 is 2.58 bits per heavy atom. The van der Waals surface area contributed by atoms with Gasteiger partial charge in [-0.25, -0.2) is 9.97 Å². The van der Waals surface area contributed by atoms with E-state index in [1.54, 1.807) is 0 Å². The van der Waals surface area contributed by atoms with E-state index in [4.69, 9.17) is 4.98 Å². The van der Waals surface area contributed by atoms with E-state index in [0.717, 1.165) is 45.0 Å². The molecular weight excluding hydrogens is 371 g/mol. The second-order valence-electron chi connectivity index (χ2n) is 7.95. The Kier molecular flexibility index (Phi) is 7.95. The summed E-state index contributed by atoms with van der Waals surface area (Å²) < 4.78 is 0. The Labute approximate surface area is 169 Å². The highest BCUT2D eigenvalue weighted by Crippen LogP contribution is 2.44. The second kappa shape index (κ2) is 9.54. The third-order valence-electron chi connectivity index (χ3n) is 6.76. The highest BCUT2D eigenvalue weighted by atomic mass is 35.5. The number of aliphatic hydroxyl groups excluding tert-OH is 1. The summed E-state index contributed by atoms with van der Waals surface area (Å²) >= 11 is 0. The number of aromatic nitrogens is 2. The van der Waals surface area contributed by atoms with Crippen molar-refractivity contribution in [1.82, 2.24) is 15.3 Å². The van der Waals surface area contributed by atoms with Crippen LogP contribution in [0.5, 0.6) is 0 Å². The fourth-order valence-corrected chi connectivity index (χ4v) is 5.07. The number of nitrogens with one attached hydrogen (secondary N) is 1. The van der Waals surface area contributed by atoms with Gasteiger partial charge in [0.25, 0.3) is 0 Å². The molecule has 1 aromatic rings. The molecule has 1 aromatic heterocycles. The van der Waals surface area contributed by atoms with E-state index < -0.39 is 0 Å². The lowest BCUT2D eigenvalue weighted by Crippen LogP contribution is -2.52. The van der Waals surface area contributed by atoms with E-state index >= 15 is 0 Å². The van der Waals surface area contributed by atoms with E-state index in [2.05, 4.69) is 21.3 Å². The lowest BCUT2D eigenvalue weighted by Gasteiger charge is -2.49. The lowest BCUT2D eigenvalue weighted by atomic mass is 9.65. The molecule has 1 saturated carbocycles. The van der Waals surface area contributed by atoms with Crippen LogP contribution in [-0.4, -0.2) is 47.9 Å². The predicted molar refractivity (Wildman–Crippen MR) is 110 cm³/mol. The number of hydrogen-bond acceptors (Lipinski definition) is 5. The Balaban J connectivity index is 0.00000121. The fraction of sp³-hybridized carbons (Fsp3) is 0.789. The highest BCUT2D eigenvalue weighted by Gasteiger charge is 2.42. The fourth-order valence-electron chi connectivity index (χ4n) is 5.07. The number of aliphatic hydroxyl groups is 1. The summed E-state index contributed by atoms with van der Waals surface area (Å²) in [5, 5.41) is 13.2. The van der Waals surface area contributed by atoms with Crippen molar-refractivity contribution in [2.75, 3.05) is 37.7 Å². The maximum atomic E-state index is 9.77. The standard InChI is InChI=1S/C19H30N4O.2ClH/c24-14-16-13-20-10-6-19(16)7-11-23(12-8-19)18-21-9-5-17(22-18)15-3-1-2-4-15;;/h5,9,15-16,20,24H,1-4,6-8,10-14H2;2*1H. The van der Waals surface area contributed by atoms with Gasteiger partial charge in [0, 0.05) is 50.0 Å². The molecule has 1 atom stereocenters. The van der Waals surface area contributed by atoms with Crippen molar-refractivity contribution in [1.29, 1.82) is 0 Å². The summed E-state index contributed by atoms with van der Waals surface area (Å²) in [6, 6.07) is 2.11. The third kappa shape index (κ3) is 4.27. The van der Waals surface area contributed by atoms with Gasteiger partial charge < -0.3 is 15.3 Å². The van der Waals surface area contributed by atoms with Crippen LogP contribution in [0.1, 0.15) is 56.6 Å². The van der Waals surface area contributed by atoms with Crippen LogP contribution in [0.25, 0.3) is 0 Å². The molecule has 5 nitrogen and oxygen atoms in total. The highest BCUT2D eigenvalue weighted by molar-refractivity contribution is 5.85. The average molecular weight is 403 g/mol. The number of halogens is 2. The lowest BCUT2D eigenvalue weighted by molar-refractivity contribution is 0.0325. The second-order valence-corrected chi connectivity index (χ2v) is 7.95. The van der Waals surface area contributed by atoms with Gasteiger partial charge in [-0.2, -0.15) is 0 Å². The first-order valence-corrected chi connectivity index (χ1v) is 9.70. The van der Waals surface area contributed by atoms with Gasteiger partial charge in [0.15, 0.2) is 0 Å². The Morgan fingerprint density at radius 2 is 1.88 bits per heavy atom. The van der Waals surface area contributed by atoms with Gasteiger partial charge in [-0.3, -0.25) is 0 Å². The van der Waals surface area contributed by atoms with Crippen molar-refractivity contribution < 1.29 is 5.11 Å². The Morgan fingerprint density at radius 1 is 1.15 bits per heavy atom. The third-order valence-corrected chi connectivity index (χ3v) is 6.76. The molecule has 3 heterocycles. The van der Waals surface area contributed by atoms with Crippen LogP contribution in [0, 0.1) is 11.3 Å². The molecule has 2 saturated heterocycles. The molecule has 1 spiro atoms. The van der Waals surface area contributed by atoms with Crippen LogP contribution in [0.4, 0.5) is 5.95 Å². The molecular formula is C19H32Cl2N4O. The zero-order chi connectivity index (χ0) is 16.4. The Hall–Kier alpha value is -0.620. The van der Waals surface area contributed by atoms with Crippen LogP contribution in [0.15, 0.2) is 12.3 Å². The maximum Gasteiger partial charge on any atom is 0.225 e. The van der Waals surface area contributed by atoms with Crippen molar-refractivity contribution in [3.8, 4) is 0 Å². The van der Waals surface area contributed by atoms with Crippen molar-refractivity contribution >= 4 is 30.8 Å². The first-order chi connectivity index (χ1) is 11.8. The van der Waals surface area contributed by atoms with Gasteiger partial charge in [-0.05, 0) is 50.1 Å². The van der Waals surface area contributed by atoms with Crippen molar-refractivity contribution in [3.05, 3.63) is 18.0 Å². The van der Waals surface area contributed by atoms with Gasteiger partial charge in [0.05, 0.1) is 0 Å². The molecule has 26 heavy (non-hydrogen) atoms. The molecule has 3 fully saturated rings. The van der Waals surface area contributed by atoms with E-state index in [1.165, 1.54) is 37.8 Å². The molecule has 0 bridgehead atoms. The first-order valence-electron chi connectivity index (χ1n) is 9.70. The van der Waals surface area contributed by atoms with E-state index in [0.29, 0.717) is 23.9 Å². The molecule has 1 aliphatic carbocycles. The van der Waals surface area contributed by atoms with Crippen LogP contribution in [-0.2, 0) is 0 Å². The normalized spacial score (nSPS) is 25.6. The van der Waals surface area contributed by atoms with Crippen molar-refractivity contribution in [2.45, 2.75) is 50.9 Å². The molecule has 0 radical (unpaired) electrons. The largest absolute Gasteiger partial charge is 0.396 e. The van der Waals surface area contributed by atoms with E-state index in [9.17, 15) is 5.11 Å². The molecule has 2 N–H and O–H groups in total. The maximum absolute atomic E-state index is 9.77. The molecule has 0 aromatic carbocycles. The summed E-state index contributed by atoms with van der Waals surface area (Å²) in [6.45, 7) is 4.39. The summed E-state index contributed by atoms with van der Waals surface area (Å²) in [5.41, 5.74) is 1.56. The molecule has 7 heteroatoms. The molecule has 148 valence electrons. The summed E-state index contributed by atoms with van der Waals surface area (Å²) in [6.07, 6.45) is 10.7. The molecule has 4 rings (SSSR count). The molecule has 0 amide bonds. The van der Waals surface area contributed by atoms with Gasteiger partial charge in [0.2, 0.25) is 5.95 Å². The number of nitrogens with zero attached hydrogens (tertiary/aromatic N) is 3. The summed E-state index contributed by atoms with van der Waals surface area (Å²) in [7, 11) is 0. The van der Waals surface area contributed by atoms with Crippen LogP contribution >= 0.6 is 24.8 Å². The molecule has 2 aliphatic heterocycles.